The second-order valence-corrected chi connectivity index (χ2v) is 10.4. The number of benzene rings is 1. The van der Waals surface area contributed by atoms with E-state index in [0.29, 0.717) is 16.9 Å². The molecule has 19 nitrogen and oxygen atoms in total. The number of nitrogens with zero attached hydrogens (tertiary/aromatic N) is 3. The maximum atomic E-state index is 12.7. The number of nitrogens with two attached hydrogens (primary N) is 1. The molecule has 3 rings (SSSR count). The molecule has 1 aromatic carbocycles. The summed E-state index contributed by atoms with van der Waals surface area (Å²) in [5.41, 5.74) is 6.60. The number of rotatable bonds is 17. The number of nitrogens with one attached hydrogen (secondary N) is 5. The van der Waals surface area contributed by atoms with Crippen LogP contribution in [0.2, 0.25) is 0 Å². The number of carboxylic acids is 3. The van der Waals surface area contributed by atoms with Gasteiger partial charge in [-0.3, -0.25) is 33.8 Å². The number of hydrogen-bond acceptors (Lipinski definition) is 12. The van der Waals surface area contributed by atoms with Crippen molar-refractivity contribution in [2.24, 2.45) is 0 Å². The highest BCUT2D eigenvalue weighted by atomic mass is 16.4. The largest absolute Gasteiger partial charge is 0.481 e. The smallest absolute Gasteiger partial charge is 0.326 e. The van der Waals surface area contributed by atoms with Crippen molar-refractivity contribution in [1.82, 2.24) is 35.9 Å². The highest BCUT2D eigenvalue weighted by molar-refractivity contribution is 5.95. The average molecular weight is 656 g/mol. The number of hydrogen-bond donors (Lipinski definition) is 9. The Balaban J connectivity index is 1.49. The van der Waals surface area contributed by atoms with Gasteiger partial charge in [-0.25, -0.2) is 14.8 Å². The molecule has 0 unspecified atom stereocenters. The van der Waals surface area contributed by atoms with Crippen LogP contribution in [-0.4, -0.2) is 89.0 Å². The molecule has 2 aromatic heterocycles. The molecule has 0 saturated carbocycles. The maximum absolute atomic E-state index is 12.7. The fraction of sp³-hybridized carbons (Fsp3) is 0.357. The number of fused-ring (bicyclic) bond motifs is 1. The van der Waals surface area contributed by atoms with E-state index in [9.17, 15) is 33.6 Å². The zero-order valence-corrected chi connectivity index (χ0v) is 25.0. The lowest BCUT2D eigenvalue weighted by atomic mass is 10.1. The van der Waals surface area contributed by atoms with Crippen molar-refractivity contribution in [1.29, 1.82) is 0 Å². The lowest BCUT2D eigenvalue weighted by Gasteiger charge is -2.21. The SMILES string of the molecule is C[C@H](CCC(=O)N[C@H](CCC(=O)O)C(=O)N[C@H](CC(=O)O)C(=O)O)NC(=O)c1ccc(NCc2cnc3nc(N)[nH]c(=O)c3n2)cc1. The number of aromatic amines is 1. The van der Waals surface area contributed by atoms with Gasteiger partial charge in [0.15, 0.2) is 11.2 Å². The van der Waals surface area contributed by atoms with Crippen LogP contribution < -0.4 is 32.6 Å². The van der Waals surface area contributed by atoms with Crippen LogP contribution in [0.15, 0.2) is 35.3 Å². The quantitative estimate of drug-likeness (QED) is 0.0859. The van der Waals surface area contributed by atoms with Crippen molar-refractivity contribution in [3.05, 3.63) is 52.1 Å². The summed E-state index contributed by atoms with van der Waals surface area (Å²) >= 11 is 0. The second-order valence-electron chi connectivity index (χ2n) is 10.4. The molecule has 0 aliphatic carbocycles. The first-order chi connectivity index (χ1) is 22.2. The van der Waals surface area contributed by atoms with Gasteiger partial charge >= 0.3 is 17.9 Å². The van der Waals surface area contributed by atoms with Crippen LogP contribution in [0.25, 0.3) is 11.2 Å². The Hall–Kier alpha value is -6.14. The molecule has 250 valence electrons. The number of carbonyl (C=O) groups excluding carboxylic acids is 3. The van der Waals surface area contributed by atoms with E-state index in [-0.39, 0.29) is 42.9 Å². The third kappa shape index (κ3) is 11.1. The minimum absolute atomic E-state index is 0.0440. The minimum atomic E-state index is -1.78. The maximum Gasteiger partial charge on any atom is 0.326 e. The standard InChI is InChI=1S/C28H33N9O10/c1-13(2-8-19(38)34-17(7-9-20(39)40)25(44)35-18(27(46)47)10-21(41)42)32-24(43)14-3-5-15(6-4-14)30-11-16-12-31-23-22(33-16)26(45)37-28(29)36-23/h3-6,12-13,17-18,30H,2,7-11H2,1H3,(H,32,43)(H,34,38)(H,35,44)(H,39,40)(H,41,42)(H,46,47)(H3,29,31,36,37,45)/t13-,17-,18-/m1/s1. The lowest BCUT2D eigenvalue weighted by molar-refractivity contribution is -0.147. The minimum Gasteiger partial charge on any atom is -0.481 e. The van der Waals surface area contributed by atoms with E-state index in [1.54, 1.807) is 31.2 Å². The van der Waals surface area contributed by atoms with Crippen LogP contribution >= 0.6 is 0 Å². The van der Waals surface area contributed by atoms with Gasteiger partial charge in [0.05, 0.1) is 24.9 Å². The number of amides is 3. The molecule has 0 saturated heterocycles. The van der Waals surface area contributed by atoms with Gasteiger partial charge in [0.2, 0.25) is 17.8 Å². The molecular formula is C28H33N9O10. The van der Waals surface area contributed by atoms with Crippen LogP contribution in [0.5, 0.6) is 0 Å². The van der Waals surface area contributed by atoms with Gasteiger partial charge in [0, 0.05) is 30.1 Å². The zero-order valence-electron chi connectivity index (χ0n) is 25.0. The molecule has 0 fully saturated rings. The summed E-state index contributed by atoms with van der Waals surface area (Å²) in [6.45, 7) is 1.87. The number of nitrogen functional groups attached to an aromatic ring is 1. The van der Waals surface area contributed by atoms with Gasteiger partial charge in [-0.15, -0.1) is 0 Å². The van der Waals surface area contributed by atoms with E-state index in [1.165, 1.54) is 6.20 Å². The number of H-pyrrole nitrogens is 1. The molecule has 10 N–H and O–H groups in total. The van der Waals surface area contributed by atoms with Crippen LogP contribution in [0.4, 0.5) is 11.6 Å². The highest BCUT2D eigenvalue weighted by Crippen LogP contribution is 2.12. The third-order valence-electron chi connectivity index (χ3n) is 6.58. The lowest BCUT2D eigenvalue weighted by Crippen LogP contribution is -2.52. The fourth-order valence-corrected chi connectivity index (χ4v) is 4.17. The molecular weight excluding hydrogens is 622 g/mol. The summed E-state index contributed by atoms with van der Waals surface area (Å²) in [4.78, 5) is 97.7. The predicted molar refractivity (Wildman–Crippen MR) is 163 cm³/mol. The molecule has 0 radical (unpaired) electrons. The molecule has 0 aliphatic rings. The van der Waals surface area contributed by atoms with Crippen molar-refractivity contribution >= 4 is 58.4 Å². The van der Waals surface area contributed by atoms with Crippen molar-refractivity contribution in [2.75, 3.05) is 11.1 Å². The van der Waals surface area contributed by atoms with E-state index < -0.39 is 72.2 Å². The number of aliphatic carboxylic acids is 3. The van der Waals surface area contributed by atoms with Crippen LogP contribution in [0.1, 0.15) is 55.1 Å². The van der Waals surface area contributed by atoms with Crippen LogP contribution in [0.3, 0.4) is 0 Å². The zero-order chi connectivity index (χ0) is 34.7. The highest BCUT2D eigenvalue weighted by Gasteiger charge is 2.28. The van der Waals surface area contributed by atoms with Crippen molar-refractivity contribution in [3.8, 4) is 0 Å². The molecule has 2 heterocycles. The predicted octanol–water partition coefficient (Wildman–Crippen LogP) is -0.800. The monoisotopic (exact) mass is 655 g/mol. The van der Waals surface area contributed by atoms with Gasteiger partial charge in [0.25, 0.3) is 11.5 Å². The van der Waals surface area contributed by atoms with Gasteiger partial charge in [-0.05, 0) is 44.0 Å². The molecule has 0 bridgehead atoms. The summed E-state index contributed by atoms with van der Waals surface area (Å²) < 4.78 is 0. The van der Waals surface area contributed by atoms with Crippen molar-refractivity contribution in [3.63, 3.8) is 0 Å². The molecule has 3 atom stereocenters. The number of anilines is 2. The molecule has 0 spiro atoms. The van der Waals surface area contributed by atoms with E-state index in [1.807, 2.05) is 5.32 Å². The Bertz CT molecular complexity index is 1710. The van der Waals surface area contributed by atoms with Gasteiger partial charge in [-0.1, -0.05) is 0 Å². The van der Waals surface area contributed by atoms with E-state index >= 15 is 0 Å². The van der Waals surface area contributed by atoms with E-state index in [0.717, 1.165) is 0 Å². The van der Waals surface area contributed by atoms with Gasteiger partial charge < -0.3 is 42.3 Å². The van der Waals surface area contributed by atoms with Crippen molar-refractivity contribution in [2.45, 2.75) is 63.7 Å². The third-order valence-corrected chi connectivity index (χ3v) is 6.58. The summed E-state index contributed by atoms with van der Waals surface area (Å²) in [7, 11) is 0. The first kappa shape index (κ1) is 35.3. The fourth-order valence-electron chi connectivity index (χ4n) is 4.17. The number of aromatic nitrogens is 4. The Kier molecular flexibility index (Phi) is 12.2. The molecule has 3 amide bonds. The topological polar surface area (TPSA) is 309 Å². The van der Waals surface area contributed by atoms with E-state index in [4.69, 9.17) is 21.1 Å². The second kappa shape index (κ2) is 16.3. The molecule has 47 heavy (non-hydrogen) atoms. The number of carboxylic acid groups (broad SMARTS) is 3. The first-order valence-electron chi connectivity index (χ1n) is 14.1. The first-order valence-corrected chi connectivity index (χ1v) is 14.1. The Morgan fingerprint density at radius 3 is 2.23 bits per heavy atom. The van der Waals surface area contributed by atoms with E-state index in [2.05, 4.69) is 35.9 Å². The molecule has 0 aliphatic heterocycles. The summed E-state index contributed by atoms with van der Waals surface area (Å²) in [6, 6.07) is 2.74. The average Bonchev–Trinajstić information content (AvgIpc) is 3.00. The van der Waals surface area contributed by atoms with Crippen LogP contribution in [-0.2, 0) is 30.5 Å². The molecule has 19 heteroatoms. The van der Waals surface area contributed by atoms with Crippen molar-refractivity contribution < 1.29 is 44.1 Å². The number of carbonyl (C=O) groups is 6. The molecule has 3 aromatic rings. The summed E-state index contributed by atoms with van der Waals surface area (Å²) in [5.74, 6) is -6.56. The van der Waals surface area contributed by atoms with Gasteiger partial charge in [-0.2, -0.15) is 4.98 Å². The normalized spacial score (nSPS) is 12.7. The Morgan fingerprint density at radius 2 is 1.60 bits per heavy atom. The Morgan fingerprint density at radius 1 is 0.894 bits per heavy atom. The van der Waals surface area contributed by atoms with Crippen LogP contribution in [0, 0.1) is 0 Å². The van der Waals surface area contributed by atoms with Gasteiger partial charge in [0.1, 0.15) is 12.1 Å². The summed E-state index contributed by atoms with van der Waals surface area (Å²) in [5, 5.41) is 37.2. The summed E-state index contributed by atoms with van der Waals surface area (Å²) in [6.07, 6.45) is -0.402. The Labute approximate surface area is 265 Å².